The standard InChI is InChI=1S/C15H36NPSi.2C14H18S.C12H27NP.2CH3.5ClH.2Ti/c1-13(2,3)17(14(4,5)6,15(7,8)9)16-18(10,11)12;2*1-8-9(2)13-11-6-4-5-7-12(11)15-14(13)10(8)3;1-10(2,3)14(13,11(4,5)6)12(7,8)9;;;;;;;;;/h1-12H3;2*4-10,13-14H,1-3H3;1-9H3;2*1H3;5*1H;;/q;;;3*-1;;;;;;+2;+4/p-5. The van der Waals surface area contributed by atoms with Gasteiger partial charge in [0.2, 0.25) is 0 Å². The summed E-state index contributed by atoms with van der Waals surface area (Å²) in [6.45, 7) is 62.9. The molecule has 2 nitrogen and oxygen atoms in total. The Bertz CT molecular complexity index is 1860. The molecule has 2 aliphatic heterocycles. The third kappa shape index (κ3) is 18.4. The molecule has 0 aromatic heterocycles. The maximum atomic E-state index is 11.1. The zero-order chi connectivity index (χ0) is 54.6. The van der Waals surface area contributed by atoms with E-state index in [1.54, 1.807) is 11.1 Å². The third-order valence-electron chi connectivity index (χ3n) is 15.6. The van der Waals surface area contributed by atoms with Crippen molar-refractivity contribution in [2.45, 2.75) is 249 Å². The van der Waals surface area contributed by atoms with Gasteiger partial charge in [-0.1, -0.05) is 222 Å². The normalized spacial score (nSPS) is 25.7. The molecule has 71 heavy (non-hydrogen) atoms. The Balaban J connectivity index is 0. The second kappa shape index (κ2) is 28.9. The minimum atomic E-state index is -2.02. The van der Waals surface area contributed by atoms with Crippen molar-refractivity contribution < 1.29 is 31.7 Å². The van der Waals surface area contributed by atoms with E-state index in [4.69, 9.17) is 50.9 Å². The van der Waals surface area contributed by atoms with E-state index in [2.05, 4.69) is 258 Å². The maximum absolute atomic E-state index is 11.1. The van der Waals surface area contributed by atoms with Crippen LogP contribution >= 0.6 is 84.2 Å². The molecule has 2 aromatic carbocycles. The summed E-state index contributed by atoms with van der Waals surface area (Å²) < 4.78 is 5.60. The first-order valence-electron chi connectivity index (χ1n) is 25.3. The van der Waals surface area contributed by atoms with Crippen molar-refractivity contribution in [1.82, 2.24) is 0 Å². The minimum absolute atomic E-state index is 0. The molecule has 2 aliphatic carbocycles. The number of hydrogen-bond acceptors (Lipinski definition) is 3. The van der Waals surface area contributed by atoms with Crippen molar-refractivity contribution in [3.05, 3.63) is 79.7 Å². The van der Waals surface area contributed by atoms with Gasteiger partial charge in [0.1, 0.15) is 0 Å². The molecular weight excluding hydrogens is 1140 g/mol. The summed E-state index contributed by atoms with van der Waals surface area (Å²) >= 11 is 1.77. The Labute approximate surface area is 487 Å². The van der Waals surface area contributed by atoms with Crippen LogP contribution in [0, 0.1) is 50.4 Å². The molecule has 10 unspecified atom stereocenters. The summed E-state index contributed by atoms with van der Waals surface area (Å²) in [4.78, 5) is 3.08. The third-order valence-corrected chi connectivity index (χ3v) is 34.0. The van der Waals surface area contributed by atoms with E-state index in [-0.39, 0.29) is 45.8 Å². The fourth-order valence-corrected chi connectivity index (χ4v) is 36.6. The Morgan fingerprint density at radius 3 is 0.915 bits per heavy atom. The van der Waals surface area contributed by atoms with Gasteiger partial charge in [-0.25, -0.2) is 7.05 Å². The van der Waals surface area contributed by atoms with E-state index in [0.29, 0.717) is 0 Å². The molecule has 2 heterocycles. The first-order valence-corrected chi connectivity index (χ1v) is 44.8. The number of fused-ring (bicyclic) bond motifs is 6. The van der Waals surface area contributed by atoms with Crippen LogP contribution in [0.15, 0.2) is 62.7 Å². The van der Waals surface area contributed by atoms with Gasteiger partial charge in [-0.15, -0.1) is 23.5 Å². The second-order valence-corrected chi connectivity index (χ2v) is 55.8. The predicted molar refractivity (Wildman–Crippen MR) is 336 cm³/mol. The number of nitrogens with zero attached hydrogens (tertiary/aromatic N) is 2. The zero-order valence-electron chi connectivity index (χ0n) is 50.4. The second-order valence-electron chi connectivity index (χ2n) is 27.3. The molecule has 0 saturated heterocycles. The van der Waals surface area contributed by atoms with Crippen molar-refractivity contribution in [1.29, 1.82) is 0 Å². The number of thioether (sulfide) groups is 2. The molecular formula is C57H105Cl5N2P2S2SiTi2-2. The van der Waals surface area contributed by atoms with Crippen LogP contribution in [0.1, 0.15) is 189 Å². The van der Waals surface area contributed by atoms with Crippen molar-refractivity contribution in [2.24, 2.45) is 39.9 Å². The van der Waals surface area contributed by atoms with E-state index >= 15 is 0 Å². The molecule has 2 aromatic rings. The molecule has 6 rings (SSSR count). The molecule has 414 valence electrons. The molecule has 2 saturated carbocycles. The zero-order valence-corrected chi connectivity index (χ0v) is 61.7. The Morgan fingerprint density at radius 2 is 0.732 bits per heavy atom. The molecule has 2 fully saturated rings. The Hall–Kier alpha value is 2.70. The fraction of sp³-hybridized carbons (Fsp3) is 0.754. The summed E-state index contributed by atoms with van der Waals surface area (Å²) in [5.41, 5.74) is 3.24. The monoisotopic (exact) mass is 1240 g/mol. The van der Waals surface area contributed by atoms with Gasteiger partial charge >= 0.3 is 78.2 Å². The Morgan fingerprint density at radius 1 is 0.493 bits per heavy atom. The van der Waals surface area contributed by atoms with Gasteiger partial charge in [-0.05, 0) is 96.8 Å². The van der Waals surface area contributed by atoms with Crippen LogP contribution in [0.25, 0.3) is 5.16 Å². The predicted octanol–water partition coefficient (Wildman–Crippen LogP) is 24.2. The SMILES string of the molecule is CC(C)(C)P(=N[Si](C)(C)C)(C(C)(C)C)C(C)(C)C.CC(C)(C)P(=[N-])(C(C)(C)C)C(C)(C)C.CC1C(C)C2Sc3ccccc3C2C1C.CC1C(C)C2Sc3ccccc3C2C1C.[CH3-].[CH3-].[Cl][Ti+]([Cl])[Cl].[Cl][Ti][Cl]. The first-order chi connectivity index (χ1) is 30.8. The van der Waals surface area contributed by atoms with E-state index in [1.165, 1.54) is 9.79 Å². The molecule has 0 amide bonds. The van der Waals surface area contributed by atoms with Gasteiger partial charge in [-0.3, -0.25) is 0 Å². The summed E-state index contributed by atoms with van der Waals surface area (Å²) in [5, 5.41) is 13.6. The van der Waals surface area contributed by atoms with Crippen LogP contribution in [0.2, 0.25) is 19.6 Å². The van der Waals surface area contributed by atoms with Gasteiger partial charge in [0, 0.05) is 32.1 Å². The quantitative estimate of drug-likeness (QED) is 0.162. The van der Waals surface area contributed by atoms with Gasteiger partial charge in [0.05, 0.1) is 0 Å². The number of rotatable bonds is 1. The summed E-state index contributed by atoms with van der Waals surface area (Å²) in [7, 11) is 19.7. The van der Waals surface area contributed by atoms with E-state index in [9.17, 15) is 5.16 Å². The fourth-order valence-electron chi connectivity index (χ4n) is 13.7. The van der Waals surface area contributed by atoms with Crippen LogP contribution in [-0.2, 0) is 31.7 Å². The van der Waals surface area contributed by atoms with Gasteiger partial charge in [0.25, 0.3) is 0 Å². The summed E-state index contributed by atoms with van der Waals surface area (Å²) in [5.74, 6) is 6.81. The van der Waals surface area contributed by atoms with Crippen LogP contribution in [-0.4, -0.2) is 49.7 Å². The van der Waals surface area contributed by atoms with Gasteiger partial charge < -0.3 is 24.4 Å². The van der Waals surface area contributed by atoms with E-state index < -0.39 is 54.1 Å². The summed E-state index contributed by atoms with van der Waals surface area (Å²) in [6, 6.07) is 18.0. The van der Waals surface area contributed by atoms with Crippen molar-refractivity contribution >= 4 is 92.4 Å². The number of halogens is 5. The van der Waals surface area contributed by atoms with Crippen LogP contribution in [0.4, 0.5) is 0 Å². The van der Waals surface area contributed by atoms with E-state index in [0.717, 1.165) is 57.8 Å². The van der Waals surface area contributed by atoms with Crippen molar-refractivity contribution in [3.8, 4) is 0 Å². The van der Waals surface area contributed by atoms with Crippen molar-refractivity contribution in [3.63, 3.8) is 0 Å². The topological polar surface area (TPSA) is 34.7 Å². The van der Waals surface area contributed by atoms with Gasteiger partial charge in [0.15, 0.2) is 8.24 Å². The van der Waals surface area contributed by atoms with E-state index in [1.807, 2.05) is 0 Å². The number of benzene rings is 2. The average molecular weight is 1250 g/mol. The average Bonchev–Trinajstić information content (AvgIpc) is 3.85. The molecule has 0 radical (unpaired) electrons. The van der Waals surface area contributed by atoms with Crippen molar-refractivity contribution in [2.75, 3.05) is 0 Å². The first kappa shape index (κ1) is 75.8. The molecule has 0 spiro atoms. The van der Waals surface area contributed by atoms with Crippen LogP contribution < -0.4 is 0 Å². The van der Waals surface area contributed by atoms with Gasteiger partial charge in [-0.2, -0.15) is 0 Å². The summed E-state index contributed by atoms with van der Waals surface area (Å²) in [6.07, 6.45) is 0. The Kier molecular flexibility index (Phi) is 30.8. The molecule has 0 bridgehead atoms. The van der Waals surface area contributed by atoms with Crippen LogP contribution in [0.5, 0.6) is 0 Å². The molecule has 10 atom stereocenters. The molecule has 0 N–H and O–H groups in total. The van der Waals surface area contributed by atoms with Crippen LogP contribution in [0.3, 0.4) is 0 Å². The number of hydrogen-bond donors (Lipinski definition) is 0. The molecule has 4 aliphatic rings. The molecule has 14 heteroatoms.